The molecule has 4 nitrogen and oxygen atoms in total. The van der Waals surface area contributed by atoms with E-state index in [0.29, 0.717) is 11.2 Å². The molecule has 2 aliphatic rings. The Labute approximate surface area is 124 Å². The number of fused-ring (bicyclic) bond motifs is 1. The Kier molecular flexibility index (Phi) is 3.80. The molecule has 1 aliphatic carbocycles. The van der Waals surface area contributed by atoms with Gasteiger partial charge >= 0.3 is 0 Å². The lowest BCUT2D eigenvalue weighted by molar-refractivity contribution is 0.351. The summed E-state index contributed by atoms with van der Waals surface area (Å²) in [6.07, 6.45) is 6.44. The van der Waals surface area contributed by atoms with Crippen LogP contribution in [0.2, 0.25) is 0 Å². The molecule has 1 aliphatic heterocycles. The average molecular weight is 293 g/mol. The van der Waals surface area contributed by atoms with Crippen LogP contribution >= 0.6 is 11.8 Å². The van der Waals surface area contributed by atoms with E-state index >= 15 is 0 Å². The van der Waals surface area contributed by atoms with Gasteiger partial charge in [-0.25, -0.2) is 4.99 Å². The fourth-order valence-electron chi connectivity index (χ4n) is 3.39. The lowest BCUT2D eigenvalue weighted by atomic mass is 9.84. The number of aromatic nitrogens is 2. The highest BCUT2D eigenvalue weighted by Crippen LogP contribution is 2.48. The van der Waals surface area contributed by atoms with Gasteiger partial charge in [-0.1, -0.05) is 19.3 Å². The van der Waals surface area contributed by atoms with Crippen molar-refractivity contribution >= 4 is 22.6 Å². The molecule has 1 aromatic heterocycles. The van der Waals surface area contributed by atoms with Crippen LogP contribution in [0.15, 0.2) is 9.79 Å². The maximum absolute atomic E-state index is 12.4. The van der Waals surface area contributed by atoms with Crippen LogP contribution in [-0.4, -0.2) is 14.8 Å². The molecule has 5 heteroatoms. The zero-order valence-electron chi connectivity index (χ0n) is 12.5. The Morgan fingerprint density at radius 2 is 2.00 bits per heavy atom. The fourth-order valence-corrected chi connectivity index (χ4v) is 4.69. The minimum atomic E-state index is 0.0630. The number of hydrogen-bond acceptors (Lipinski definition) is 3. The number of thioether (sulfide) groups is 1. The molecule has 2 heterocycles. The van der Waals surface area contributed by atoms with Gasteiger partial charge in [0.1, 0.15) is 0 Å². The molecule has 20 heavy (non-hydrogen) atoms. The van der Waals surface area contributed by atoms with Gasteiger partial charge in [0.25, 0.3) is 5.56 Å². The lowest BCUT2D eigenvalue weighted by Crippen LogP contribution is -2.21. The van der Waals surface area contributed by atoms with E-state index in [0.717, 1.165) is 16.4 Å². The first-order chi connectivity index (χ1) is 9.58. The first-order valence-corrected chi connectivity index (χ1v) is 8.52. The second-order valence-corrected chi connectivity index (χ2v) is 7.54. The predicted molar refractivity (Wildman–Crippen MR) is 85.1 cm³/mol. The Bertz CT molecular complexity index is 578. The molecular formula is C15H23N3OS. The Morgan fingerprint density at radius 3 is 2.65 bits per heavy atom. The highest BCUT2D eigenvalue weighted by atomic mass is 32.2. The zero-order chi connectivity index (χ0) is 14.3. The molecule has 1 fully saturated rings. The first-order valence-electron chi connectivity index (χ1n) is 7.64. The summed E-state index contributed by atoms with van der Waals surface area (Å²) in [6.45, 7) is 6.22. The summed E-state index contributed by atoms with van der Waals surface area (Å²) in [7, 11) is 0. The van der Waals surface area contributed by atoms with E-state index in [1.165, 1.54) is 32.1 Å². The number of nitrogens with one attached hydrogen (secondary N) is 1. The summed E-state index contributed by atoms with van der Waals surface area (Å²) < 4.78 is 1.93. The van der Waals surface area contributed by atoms with E-state index < -0.39 is 0 Å². The molecule has 0 unspecified atom stereocenters. The number of H-pyrrole nitrogens is 1. The third-order valence-corrected chi connectivity index (χ3v) is 5.68. The quantitative estimate of drug-likeness (QED) is 0.889. The van der Waals surface area contributed by atoms with Gasteiger partial charge in [-0.2, -0.15) is 0 Å². The lowest BCUT2D eigenvalue weighted by Gasteiger charge is -2.31. The van der Waals surface area contributed by atoms with Crippen LogP contribution in [-0.2, 0) is 0 Å². The van der Waals surface area contributed by atoms with Crippen molar-refractivity contribution in [1.29, 1.82) is 0 Å². The largest absolute Gasteiger partial charge is 0.270 e. The first kappa shape index (κ1) is 14.0. The third kappa shape index (κ3) is 2.36. The van der Waals surface area contributed by atoms with Gasteiger partial charge in [-0.05, 0) is 39.5 Å². The molecule has 1 N–H and O–H groups in total. The van der Waals surface area contributed by atoms with Crippen LogP contribution in [0.25, 0.3) is 0 Å². The Hall–Kier alpha value is -0.970. The van der Waals surface area contributed by atoms with Gasteiger partial charge in [0.15, 0.2) is 5.82 Å². The van der Waals surface area contributed by atoms with Crippen LogP contribution in [0, 0.1) is 5.92 Å². The van der Waals surface area contributed by atoms with E-state index in [4.69, 9.17) is 0 Å². The predicted octanol–water partition coefficient (Wildman–Crippen LogP) is 4.18. The highest BCUT2D eigenvalue weighted by molar-refractivity contribution is 8.14. The van der Waals surface area contributed by atoms with Crippen LogP contribution in [0.1, 0.15) is 69.7 Å². The van der Waals surface area contributed by atoms with Crippen LogP contribution < -0.4 is 5.56 Å². The average Bonchev–Trinajstić information content (AvgIpc) is 2.76. The molecular weight excluding hydrogens is 270 g/mol. The Morgan fingerprint density at radius 1 is 1.30 bits per heavy atom. The van der Waals surface area contributed by atoms with Crippen molar-refractivity contribution in [2.45, 2.75) is 64.2 Å². The van der Waals surface area contributed by atoms with Crippen LogP contribution in [0.5, 0.6) is 0 Å². The van der Waals surface area contributed by atoms with Gasteiger partial charge < -0.3 is 0 Å². The van der Waals surface area contributed by atoms with Gasteiger partial charge in [0, 0.05) is 11.3 Å². The molecule has 3 rings (SSSR count). The number of nitrogens with zero attached hydrogens (tertiary/aromatic N) is 2. The summed E-state index contributed by atoms with van der Waals surface area (Å²) in [6, 6.07) is 0.234. The maximum Gasteiger partial charge on any atom is 0.270 e. The van der Waals surface area contributed by atoms with Crippen molar-refractivity contribution in [3.05, 3.63) is 15.9 Å². The van der Waals surface area contributed by atoms with Crippen LogP contribution in [0.3, 0.4) is 0 Å². The second-order valence-electron chi connectivity index (χ2n) is 6.21. The molecule has 0 aromatic carbocycles. The van der Waals surface area contributed by atoms with Gasteiger partial charge in [0.2, 0.25) is 0 Å². The molecule has 0 spiro atoms. The van der Waals surface area contributed by atoms with E-state index in [9.17, 15) is 4.79 Å². The molecule has 0 saturated heterocycles. The molecule has 0 amide bonds. The maximum atomic E-state index is 12.4. The summed E-state index contributed by atoms with van der Waals surface area (Å²) in [5, 5.41) is 4.37. The summed E-state index contributed by atoms with van der Waals surface area (Å²) >= 11 is 1.79. The molecule has 110 valence electrons. The summed E-state index contributed by atoms with van der Waals surface area (Å²) in [5.74, 6) is 1.50. The van der Waals surface area contributed by atoms with Crippen LogP contribution in [0.4, 0.5) is 5.82 Å². The van der Waals surface area contributed by atoms with Crippen molar-refractivity contribution in [2.75, 3.05) is 0 Å². The topological polar surface area (TPSA) is 50.1 Å². The minimum absolute atomic E-state index is 0.0630. The van der Waals surface area contributed by atoms with E-state index in [1.54, 1.807) is 11.8 Å². The molecule has 0 bridgehead atoms. The van der Waals surface area contributed by atoms with Crippen molar-refractivity contribution < 1.29 is 0 Å². The standard InChI is InChI=1S/C15H23N3OS/c1-9(2)18-14-12(15(19)17-18)13(20-10(3)16-14)11-7-5-4-6-8-11/h9,11,13H,4-8H2,1-3H3,(H,17,19)/t13-/m0/s1. The van der Waals surface area contributed by atoms with Crippen molar-refractivity contribution in [2.24, 2.45) is 10.9 Å². The van der Waals surface area contributed by atoms with E-state index in [-0.39, 0.29) is 11.6 Å². The minimum Gasteiger partial charge on any atom is -0.268 e. The van der Waals surface area contributed by atoms with Crippen molar-refractivity contribution in [3.63, 3.8) is 0 Å². The smallest absolute Gasteiger partial charge is 0.268 e. The summed E-state index contributed by atoms with van der Waals surface area (Å²) in [4.78, 5) is 17.0. The van der Waals surface area contributed by atoms with E-state index in [2.05, 4.69) is 30.9 Å². The fraction of sp³-hybridized carbons (Fsp3) is 0.733. The number of hydrogen-bond donors (Lipinski definition) is 1. The van der Waals surface area contributed by atoms with Crippen molar-refractivity contribution in [3.8, 4) is 0 Å². The van der Waals surface area contributed by atoms with Crippen molar-refractivity contribution in [1.82, 2.24) is 9.78 Å². The zero-order valence-corrected chi connectivity index (χ0v) is 13.3. The van der Waals surface area contributed by atoms with E-state index in [1.807, 2.05) is 4.68 Å². The molecule has 1 saturated carbocycles. The monoisotopic (exact) mass is 293 g/mol. The van der Waals surface area contributed by atoms with Gasteiger partial charge in [0.05, 0.1) is 10.6 Å². The third-order valence-electron chi connectivity index (χ3n) is 4.38. The number of aromatic amines is 1. The number of rotatable bonds is 2. The summed E-state index contributed by atoms with van der Waals surface area (Å²) in [5.41, 5.74) is 0.981. The molecule has 1 atom stereocenters. The highest BCUT2D eigenvalue weighted by Gasteiger charge is 2.35. The van der Waals surface area contributed by atoms with Gasteiger partial charge in [-0.15, -0.1) is 11.8 Å². The van der Waals surface area contributed by atoms with Gasteiger partial charge in [-0.3, -0.25) is 14.6 Å². The Balaban J connectivity index is 2.05. The normalized spacial score (nSPS) is 23.8. The second kappa shape index (κ2) is 5.43. The number of aliphatic imine (C=N–C) groups is 1. The molecule has 1 aromatic rings. The molecule has 0 radical (unpaired) electrons. The SMILES string of the molecule is CC1=Nc2c(c(=O)[nH]n2C(C)C)[C@H](C2CCCCC2)S1.